The summed E-state index contributed by atoms with van der Waals surface area (Å²) >= 11 is 0. The van der Waals surface area contributed by atoms with Crippen molar-refractivity contribution in [2.45, 2.75) is 25.8 Å². The van der Waals surface area contributed by atoms with Gasteiger partial charge in [0.25, 0.3) is 5.91 Å². The Kier molecular flexibility index (Phi) is 3.58. The summed E-state index contributed by atoms with van der Waals surface area (Å²) in [4.78, 5) is 26.4. The van der Waals surface area contributed by atoms with Gasteiger partial charge < -0.3 is 9.80 Å². The first-order valence-electron chi connectivity index (χ1n) is 7.10. The van der Waals surface area contributed by atoms with Crippen LogP contribution in [-0.4, -0.2) is 36.5 Å². The maximum Gasteiger partial charge on any atom is 0.347 e. The first-order valence-corrected chi connectivity index (χ1v) is 7.10. The van der Waals surface area contributed by atoms with E-state index in [0.29, 0.717) is 6.54 Å². The number of hydrogen-bond acceptors (Lipinski definition) is 3. The third-order valence-electron chi connectivity index (χ3n) is 3.85. The number of rotatable bonds is 3. The van der Waals surface area contributed by atoms with Crippen LogP contribution in [-0.2, 0) is 11.3 Å². The molecule has 0 atom stereocenters. The molecule has 3 amide bonds. The molecule has 0 unspecified atom stereocenters. The predicted molar refractivity (Wildman–Crippen MR) is 75.5 cm³/mol. The summed E-state index contributed by atoms with van der Waals surface area (Å²) < 4.78 is 0. The molecule has 2 saturated heterocycles. The van der Waals surface area contributed by atoms with Crippen LogP contribution in [0, 0.1) is 0 Å². The zero-order chi connectivity index (χ0) is 13.9. The normalized spacial score (nSPS) is 19.4. The fraction of sp³-hybridized carbons (Fsp3) is 0.467. The molecule has 2 fully saturated rings. The zero-order valence-corrected chi connectivity index (χ0v) is 11.4. The highest BCUT2D eigenvalue weighted by molar-refractivity contribution is 6.01. The Labute approximate surface area is 118 Å². The number of benzene rings is 1. The summed E-state index contributed by atoms with van der Waals surface area (Å²) in [5.74, 6) is -0.347. The SMILES string of the molecule is O=C1CN(Cc2ccc(N3CCCCC3)cc2)C(=O)[N]1. The second-order valence-electron chi connectivity index (χ2n) is 5.36. The van der Waals surface area contributed by atoms with Crippen LogP contribution >= 0.6 is 0 Å². The van der Waals surface area contributed by atoms with Crippen molar-refractivity contribution in [3.63, 3.8) is 0 Å². The number of imide groups is 1. The number of nitrogens with zero attached hydrogens (tertiary/aromatic N) is 3. The largest absolute Gasteiger partial charge is 0.372 e. The average Bonchev–Trinajstić information content (AvgIpc) is 2.79. The topological polar surface area (TPSA) is 54.7 Å². The van der Waals surface area contributed by atoms with Gasteiger partial charge >= 0.3 is 6.03 Å². The van der Waals surface area contributed by atoms with Gasteiger partial charge in [-0.3, -0.25) is 4.79 Å². The van der Waals surface area contributed by atoms with Crippen molar-refractivity contribution in [3.8, 4) is 0 Å². The van der Waals surface area contributed by atoms with Gasteiger partial charge in [0.2, 0.25) is 0 Å². The van der Waals surface area contributed by atoms with Gasteiger partial charge in [-0.05, 0) is 37.0 Å². The van der Waals surface area contributed by atoms with Gasteiger partial charge in [-0.25, -0.2) is 4.79 Å². The maximum atomic E-state index is 11.4. The standard InChI is InChI=1S/C15H18N3O2/c19-14-11-18(15(20)16-14)10-12-4-6-13(7-5-12)17-8-2-1-3-9-17/h4-7H,1-3,8-11H2. The lowest BCUT2D eigenvalue weighted by Gasteiger charge is -2.29. The molecule has 2 aliphatic rings. The fourth-order valence-corrected chi connectivity index (χ4v) is 2.75. The van der Waals surface area contributed by atoms with Crippen LogP contribution in [0.4, 0.5) is 10.5 Å². The second-order valence-corrected chi connectivity index (χ2v) is 5.36. The molecular formula is C15H18N3O2. The number of piperidine rings is 1. The summed E-state index contributed by atoms with van der Waals surface area (Å²) in [5, 5.41) is 3.40. The molecular weight excluding hydrogens is 254 g/mol. The van der Waals surface area contributed by atoms with Crippen LogP contribution in [0.15, 0.2) is 24.3 Å². The highest BCUT2D eigenvalue weighted by Crippen LogP contribution is 2.21. The van der Waals surface area contributed by atoms with Crippen molar-refractivity contribution in [1.82, 2.24) is 10.2 Å². The summed E-state index contributed by atoms with van der Waals surface area (Å²) in [6.07, 6.45) is 3.84. The molecule has 20 heavy (non-hydrogen) atoms. The summed E-state index contributed by atoms with van der Waals surface area (Å²) in [5.41, 5.74) is 2.27. The number of urea groups is 1. The molecule has 0 spiro atoms. The minimum atomic E-state index is -0.421. The lowest BCUT2D eigenvalue weighted by atomic mass is 10.1. The third kappa shape index (κ3) is 2.76. The maximum absolute atomic E-state index is 11.4. The molecule has 0 aliphatic carbocycles. The molecule has 5 heteroatoms. The van der Waals surface area contributed by atoms with Gasteiger partial charge in [-0.15, -0.1) is 0 Å². The quantitative estimate of drug-likeness (QED) is 0.788. The highest BCUT2D eigenvalue weighted by atomic mass is 16.2. The summed E-state index contributed by atoms with van der Waals surface area (Å²) in [6, 6.07) is 7.83. The first kappa shape index (κ1) is 13.0. The molecule has 0 aromatic heterocycles. The Bertz CT molecular complexity index is 506. The van der Waals surface area contributed by atoms with Crippen molar-refractivity contribution < 1.29 is 9.59 Å². The zero-order valence-electron chi connectivity index (χ0n) is 11.4. The minimum Gasteiger partial charge on any atom is -0.372 e. The Morgan fingerprint density at radius 2 is 1.70 bits per heavy atom. The Morgan fingerprint density at radius 1 is 1.00 bits per heavy atom. The smallest absolute Gasteiger partial charge is 0.347 e. The molecule has 2 aliphatic heterocycles. The third-order valence-corrected chi connectivity index (χ3v) is 3.85. The number of carbonyl (C=O) groups excluding carboxylic acids is 2. The lowest BCUT2D eigenvalue weighted by Crippen LogP contribution is -2.29. The first-order chi connectivity index (χ1) is 9.72. The van der Waals surface area contributed by atoms with E-state index in [1.807, 2.05) is 12.1 Å². The molecule has 1 radical (unpaired) electrons. The molecule has 2 heterocycles. The molecule has 3 rings (SSSR count). The van der Waals surface area contributed by atoms with Crippen molar-refractivity contribution in [2.24, 2.45) is 0 Å². The predicted octanol–water partition coefficient (Wildman–Crippen LogP) is 1.74. The van der Waals surface area contributed by atoms with Gasteiger partial charge in [0, 0.05) is 25.3 Å². The van der Waals surface area contributed by atoms with Crippen LogP contribution < -0.4 is 10.2 Å². The van der Waals surface area contributed by atoms with Gasteiger partial charge in [-0.2, -0.15) is 5.32 Å². The fourth-order valence-electron chi connectivity index (χ4n) is 2.75. The van der Waals surface area contributed by atoms with E-state index < -0.39 is 6.03 Å². The second kappa shape index (κ2) is 5.53. The number of amides is 3. The molecule has 5 nitrogen and oxygen atoms in total. The molecule has 105 valence electrons. The molecule has 1 aromatic carbocycles. The number of anilines is 1. The molecule has 0 saturated carbocycles. The van der Waals surface area contributed by atoms with Crippen LogP contribution in [0.2, 0.25) is 0 Å². The summed E-state index contributed by atoms with van der Waals surface area (Å²) in [6.45, 7) is 2.80. The van der Waals surface area contributed by atoms with Gasteiger partial charge in [-0.1, -0.05) is 12.1 Å². The molecule has 0 N–H and O–H groups in total. The van der Waals surface area contributed by atoms with E-state index in [9.17, 15) is 9.59 Å². The van der Waals surface area contributed by atoms with E-state index in [4.69, 9.17) is 0 Å². The average molecular weight is 272 g/mol. The van der Waals surface area contributed by atoms with Crippen molar-refractivity contribution in [2.75, 3.05) is 24.5 Å². The Hall–Kier alpha value is -2.04. The van der Waals surface area contributed by atoms with E-state index in [0.717, 1.165) is 18.7 Å². The summed E-state index contributed by atoms with van der Waals surface area (Å²) in [7, 11) is 0. The Balaban J connectivity index is 1.64. The van der Waals surface area contributed by atoms with E-state index in [1.165, 1.54) is 29.8 Å². The van der Waals surface area contributed by atoms with Crippen molar-refractivity contribution in [1.29, 1.82) is 0 Å². The van der Waals surface area contributed by atoms with E-state index in [2.05, 4.69) is 22.3 Å². The monoisotopic (exact) mass is 272 g/mol. The molecule has 0 bridgehead atoms. The van der Waals surface area contributed by atoms with E-state index >= 15 is 0 Å². The highest BCUT2D eigenvalue weighted by Gasteiger charge is 2.28. The van der Waals surface area contributed by atoms with Crippen LogP contribution in [0.25, 0.3) is 0 Å². The lowest BCUT2D eigenvalue weighted by molar-refractivity contribution is -0.118. The van der Waals surface area contributed by atoms with Gasteiger partial charge in [0.15, 0.2) is 0 Å². The van der Waals surface area contributed by atoms with Crippen LogP contribution in [0.5, 0.6) is 0 Å². The van der Waals surface area contributed by atoms with Gasteiger partial charge in [0.05, 0.1) is 0 Å². The van der Waals surface area contributed by atoms with Crippen LogP contribution in [0.3, 0.4) is 0 Å². The minimum absolute atomic E-state index is 0.104. The van der Waals surface area contributed by atoms with E-state index in [-0.39, 0.29) is 12.5 Å². The molecule has 1 aromatic rings. The number of carbonyl (C=O) groups is 2. The van der Waals surface area contributed by atoms with E-state index in [1.54, 1.807) is 0 Å². The Morgan fingerprint density at radius 3 is 2.30 bits per heavy atom. The van der Waals surface area contributed by atoms with Crippen LogP contribution in [0.1, 0.15) is 24.8 Å². The van der Waals surface area contributed by atoms with Gasteiger partial charge in [0.1, 0.15) is 6.54 Å². The number of hydrogen-bond donors (Lipinski definition) is 0. The van der Waals surface area contributed by atoms with Crippen molar-refractivity contribution >= 4 is 17.6 Å². The van der Waals surface area contributed by atoms with Crippen molar-refractivity contribution in [3.05, 3.63) is 29.8 Å².